The Labute approximate surface area is 336 Å². The average molecular weight is 881 g/mol. The van der Waals surface area contributed by atoms with E-state index in [2.05, 4.69) is 198 Å². The Bertz CT molecular complexity index is 1900. The second-order valence-electron chi connectivity index (χ2n) is 15.0. The van der Waals surface area contributed by atoms with Crippen molar-refractivity contribution >= 4 is 74.4 Å². The number of benzene rings is 6. The number of rotatable bonds is 10. The van der Waals surface area contributed by atoms with Crippen molar-refractivity contribution in [3.8, 4) is 0 Å². The Hall–Kier alpha value is -3.42. The van der Waals surface area contributed by atoms with E-state index in [9.17, 15) is 0 Å². The standard InChI is InChI=1S/C48H54As2GeN2/c1-31-23-35(5)45(36(6)24-31)49(46-37(7)25-32(2)26-38(46)8)52(43-19-15-13-16-20-43)51-53(44-21-17-14-18-22-44)50(47-39(9)27-33(3)28-40(47)10)48-41(11)29-34(4)30-42(48)12/h13-30H,1-12H3. The molecule has 0 N–H and O–H groups in total. The minimum atomic E-state index is -2.20. The zero-order chi connectivity index (χ0) is 38.1. The van der Waals surface area contributed by atoms with Crippen molar-refractivity contribution in [3.05, 3.63) is 176 Å². The van der Waals surface area contributed by atoms with Crippen molar-refractivity contribution < 1.29 is 0 Å². The number of hydrogen-bond acceptors (Lipinski definition) is 2. The molecule has 0 saturated carbocycles. The van der Waals surface area contributed by atoms with Gasteiger partial charge in [-0.25, -0.2) is 0 Å². The van der Waals surface area contributed by atoms with Gasteiger partial charge in [0.25, 0.3) is 0 Å². The zero-order valence-corrected chi connectivity index (χ0v) is 39.5. The molecule has 0 saturated heterocycles. The van der Waals surface area contributed by atoms with Crippen molar-refractivity contribution in [1.82, 2.24) is 0 Å². The third kappa shape index (κ3) is 8.32. The average Bonchev–Trinajstić information content (AvgIpc) is 3.07. The molecule has 0 spiro atoms. The van der Waals surface area contributed by atoms with Crippen LogP contribution in [-0.2, 0) is 0 Å². The van der Waals surface area contributed by atoms with Gasteiger partial charge in [0.05, 0.1) is 0 Å². The molecule has 0 aromatic heterocycles. The topological polar surface area (TPSA) is 6.48 Å². The van der Waals surface area contributed by atoms with Crippen molar-refractivity contribution in [1.29, 1.82) is 0 Å². The molecule has 0 amide bonds. The van der Waals surface area contributed by atoms with Crippen LogP contribution in [0, 0.1) is 83.1 Å². The van der Waals surface area contributed by atoms with E-state index in [0.29, 0.717) is 0 Å². The first kappa shape index (κ1) is 39.3. The summed E-state index contributed by atoms with van der Waals surface area (Å²) < 4.78 is 12.3. The van der Waals surface area contributed by atoms with Gasteiger partial charge in [0.2, 0.25) is 0 Å². The molecule has 0 fully saturated rings. The number of hydrogen-bond donors (Lipinski definition) is 0. The van der Waals surface area contributed by atoms with Gasteiger partial charge >= 0.3 is 339 Å². The fourth-order valence-corrected chi connectivity index (χ4v) is 31.0. The third-order valence-electron chi connectivity index (χ3n) is 9.98. The van der Waals surface area contributed by atoms with Crippen molar-refractivity contribution in [2.24, 2.45) is 0 Å². The molecular formula is C48H54As2GeN2. The first-order valence-corrected chi connectivity index (χ1v) is 25.9. The fourth-order valence-electron chi connectivity index (χ4n) is 8.31. The van der Waals surface area contributed by atoms with Gasteiger partial charge in [0, 0.05) is 0 Å². The van der Waals surface area contributed by atoms with Crippen molar-refractivity contribution in [2.75, 3.05) is 5.55 Å². The molecular weight excluding hydrogens is 827 g/mol. The van der Waals surface area contributed by atoms with Crippen LogP contribution in [0.3, 0.4) is 0 Å². The quantitative estimate of drug-likeness (QED) is 0.127. The van der Waals surface area contributed by atoms with E-state index in [1.165, 1.54) is 78.1 Å². The normalized spacial score (nSPS) is 11.4. The molecule has 0 aliphatic carbocycles. The van der Waals surface area contributed by atoms with E-state index in [-0.39, 0.29) is 0 Å². The SMILES string of the molecule is Cc1cc(C)c([As](c2c(C)cc(C)cc2C)[N]([Ge][N](c2ccccc2)[As](c2c(C)cc(C)cc2C)c2c(C)cc(C)cc2C)c2ccccc2)c(C)c1. The summed E-state index contributed by atoms with van der Waals surface area (Å²) in [4.78, 5) is 0. The molecule has 0 bridgehead atoms. The van der Waals surface area contributed by atoms with E-state index in [4.69, 9.17) is 0 Å². The molecule has 53 heavy (non-hydrogen) atoms. The van der Waals surface area contributed by atoms with Crippen LogP contribution in [0.1, 0.15) is 66.8 Å². The number of para-hydroxylation sites is 2. The Kier molecular flexibility index (Phi) is 12.2. The molecule has 270 valence electrons. The van der Waals surface area contributed by atoms with E-state index in [1.807, 2.05) is 0 Å². The molecule has 6 aromatic carbocycles. The molecule has 5 heteroatoms. The molecule has 0 atom stereocenters. The molecule has 0 heterocycles. The summed E-state index contributed by atoms with van der Waals surface area (Å²) >= 11 is -5.40. The maximum atomic E-state index is 2.99. The van der Waals surface area contributed by atoms with E-state index < -0.39 is 45.6 Å². The Morgan fingerprint density at radius 3 is 0.736 bits per heavy atom. The van der Waals surface area contributed by atoms with Gasteiger partial charge < -0.3 is 0 Å². The summed E-state index contributed by atoms with van der Waals surface area (Å²) in [6.45, 7) is 27.9. The summed E-state index contributed by atoms with van der Waals surface area (Å²) in [6.07, 6.45) is 0. The summed E-state index contributed by atoms with van der Waals surface area (Å²) in [5, 5.41) is 0. The van der Waals surface area contributed by atoms with Gasteiger partial charge in [-0.3, -0.25) is 0 Å². The van der Waals surface area contributed by atoms with Crippen LogP contribution >= 0.6 is 0 Å². The van der Waals surface area contributed by atoms with Crippen molar-refractivity contribution in [3.63, 3.8) is 0 Å². The molecule has 2 nitrogen and oxygen atoms in total. The van der Waals surface area contributed by atoms with Crippen molar-refractivity contribution in [2.45, 2.75) is 83.1 Å². The molecule has 0 aliphatic heterocycles. The molecule has 6 aromatic rings. The predicted molar refractivity (Wildman–Crippen MR) is 236 cm³/mol. The summed E-state index contributed by atoms with van der Waals surface area (Å²) in [5.74, 6) is 0. The number of aryl methyl sites for hydroxylation is 12. The first-order chi connectivity index (χ1) is 25.2. The van der Waals surface area contributed by atoms with E-state index >= 15 is 0 Å². The van der Waals surface area contributed by atoms with Gasteiger partial charge in [-0.2, -0.15) is 0 Å². The number of anilines is 2. The first-order valence-electron chi connectivity index (χ1n) is 18.6. The molecule has 2 radical (unpaired) electrons. The van der Waals surface area contributed by atoms with E-state index in [1.54, 1.807) is 17.4 Å². The Morgan fingerprint density at radius 2 is 0.528 bits per heavy atom. The second kappa shape index (κ2) is 16.5. The van der Waals surface area contributed by atoms with Crippen LogP contribution in [-0.4, -0.2) is 45.6 Å². The molecule has 6 rings (SSSR count). The second-order valence-corrected chi connectivity index (χ2v) is 28.8. The maximum absolute atomic E-state index is 2.99. The monoisotopic (exact) mass is 882 g/mol. The van der Waals surface area contributed by atoms with Crippen LogP contribution in [0.4, 0.5) is 11.4 Å². The van der Waals surface area contributed by atoms with Gasteiger partial charge in [0.1, 0.15) is 0 Å². The minimum absolute atomic E-state index is 1.000. The Morgan fingerprint density at radius 1 is 0.321 bits per heavy atom. The van der Waals surface area contributed by atoms with Gasteiger partial charge in [-0.05, 0) is 0 Å². The summed E-state index contributed by atoms with van der Waals surface area (Å²) in [5.41, 5.74) is 19.4. The summed E-state index contributed by atoms with van der Waals surface area (Å²) in [6, 6.07) is 42.3. The van der Waals surface area contributed by atoms with Crippen LogP contribution in [0.25, 0.3) is 0 Å². The third-order valence-corrected chi connectivity index (χ3v) is 30.3. The van der Waals surface area contributed by atoms with E-state index in [0.717, 1.165) is 0 Å². The van der Waals surface area contributed by atoms with Gasteiger partial charge in [-0.1, -0.05) is 0 Å². The molecule has 0 unspecified atom stereocenters. The van der Waals surface area contributed by atoms with Gasteiger partial charge in [-0.15, -0.1) is 0 Å². The Balaban J connectivity index is 1.72. The summed E-state index contributed by atoms with van der Waals surface area (Å²) in [7, 11) is 0. The fraction of sp³-hybridized carbons (Fsp3) is 0.250. The number of nitrogens with zero attached hydrogens (tertiary/aromatic N) is 2. The van der Waals surface area contributed by atoms with Crippen LogP contribution < -0.4 is 23.0 Å². The molecule has 0 aliphatic rings. The zero-order valence-electron chi connectivity index (χ0n) is 33.7. The van der Waals surface area contributed by atoms with Crippen LogP contribution in [0.2, 0.25) is 0 Å². The van der Waals surface area contributed by atoms with Crippen LogP contribution in [0.15, 0.2) is 109 Å². The van der Waals surface area contributed by atoms with Gasteiger partial charge in [0.15, 0.2) is 0 Å². The van der Waals surface area contributed by atoms with Crippen LogP contribution in [0.5, 0.6) is 0 Å². The predicted octanol–water partition coefficient (Wildman–Crippen LogP) is 8.85.